The van der Waals surface area contributed by atoms with Gasteiger partial charge in [0, 0.05) is 25.6 Å². The Kier molecular flexibility index (Phi) is 3.31. The summed E-state index contributed by atoms with van der Waals surface area (Å²) in [5.41, 5.74) is 1.26. The Morgan fingerprint density at radius 1 is 1.21 bits per heavy atom. The summed E-state index contributed by atoms with van der Waals surface area (Å²) in [5, 5.41) is 0. The number of rotatable bonds is 2. The van der Waals surface area contributed by atoms with E-state index in [1.54, 1.807) is 0 Å². The highest BCUT2D eigenvalue weighted by Crippen LogP contribution is 2.41. The molecule has 1 amide bonds. The molecule has 0 spiro atoms. The van der Waals surface area contributed by atoms with Crippen molar-refractivity contribution in [1.82, 2.24) is 9.80 Å². The van der Waals surface area contributed by atoms with Crippen LogP contribution in [-0.2, 0) is 4.79 Å². The van der Waals surface area contributed by atoms with Crippen molar-refractivity contribution >= 4 is 5.91 Å². The van der Waals surface area contributed by atoms with Crippen LogP contribution in [0.2, 0.25) is 0 Å². The van der Waals surface area contributed by atoms with Crippen LogP contribution in [0.4, 0.5) is 0 Å². The van der Waals surface area contributed by atoms with Gasteiger partial charge >= 0.3 is 0 Å². The molecule has 3 rings (SSSR count). The molecule has 1 aliphatic carbocycles. The number of likely N-dealkylation sites (N-methyl/N-ethyl adjacent to an activating group) is 1. The van der Waals surface area contributed by atoms with Crippen LogP contribution in [0, 0.1) is 11.8 Å². The minimum absolute atomic E-state index is 0.222. The van der Waals surface area contributed by atoms with E-state index in [1.807, 2.05) is 6.07 Å². The normalized spacial score (nSPS) is 31.3. The smallest absolute Gasteiger partial charge is 0.226 e. The van der Waals surface area contributed by atoms with Gasteiger partial charge in [0.25, 0.3) is 0 Å². The molecule has 2 fully saturated rings. The van der Waals surface area contributed by atoms with Crippen molar-refractivity contribution in [2.45, 2.75) is 19.4 Å². The third kappa shape index (κ3) is 2.52. The van der Waals surface area contributed by atoms with Gasteiger partial charge in [0.15, 0.2) is 0 Å². The molecule has 19 heavy (non-hydrogen) atoms. The Labute approximate surface area is 115 Å². The SMILES string of the molecule is CC1CC1C(=O)N1CCN(C)CC1c1ccccc1. The van der Waals surface area contributed by atoms with Gasteiger partial charge in [-0.2, -0.15) is 0 Å². The third-order valence-corrected chi connectivity index (χ3v) is 4.48. The first-order chi connectivity index (χ1) is 9.16. The van der Waals surface area contributed by atoms with Crippen molar-refractivity contribution in [1.29, 1.82) is 0 Å². The van der Waals surface area contributed by atoms with Gasteiger partial charge in [-0.3, -0.25) is 4.79 Å². The average molecular weight is 258 g/mol. The Morgan fingerprint density at radius 3 is 2.53 bits per heavy atom. The average Bonchev–Trinajstić information content (AvgIpc) is 3.16. The second-order valence-electron chi connectivity index (χ2n) is 6.04. The lowest BCUT2D eigenvalue weighted by Gasteiger charge is -2.40. The summed E-state index contributed by atoms with van der Waals surface area (Å²) in [7, 11) is 2.14. The van der Waals surface area contributed by atoms with E-state index in [9.17, 15) is 4.79 Å². The predicted molar refractivity (Wildman–Crippen MR) is 75.7 cm³/mol. The zero-order valence-corrected chi connectivity index (χ0v) is 11.7. The Hall–Kier alpha value is -1.35. The Bertz CT molecular complexity index is 459. The highest BCUT2D eigenvalue weighted by molar-refractivity contribution is 5.82. The summed E-state index contributed by atoms with van der Waals surface area (Å²) in [4.78, 5) is 17.0. The van der Waals surface area contributed by atoms with Crippen molar-refractivity contribution in [2.75, 3.05) is 26.7 Å². The van der Waals surface area contributed by atoms with Gasteiger partial charge in [0.05, 0.1) is 6.04 Å². The van der Waals surface area contributed by atoms with Crippen molar-refractivity contribution in [2.24, 2.45) is 11.8 Å². The first-order valence-electron chi connectivity index (χ1n) is 7.21. The molecule has 3 unspecified atom stereocenters. The molecule has 0 radical (unpaired) electrons. The molecule has 2 aliphatic rings. The fourth-order valence-electron chi connectivity index (χ4n) is 3.02. The molecule has 0 aromatic heterocycles. The van der Waals surface area contributed by atoms with Gasteiger partial charge in [-0.15, -0.1) is 0 Å². The second kappa shape index (κ2) is 4.97. The summed E-state index contributed by atoms with van der Waals surface area (Å²) in [6.07, 6.45) is 1.08. The molecule has 0 bridgehead atoms. The van der Waals surface area contributed by atoms with E-state index in [2.05, 4.69) is 48.0 Å². The summed E-state index contributed by atoms with van der Waals surface area (Å²) in [6.45, 7) is 4.96. The maximum absolute atomic E-state index is 12.6. The molecule has 1 aliphatic heterocycles. The fourth-order valence-corrected chi connectivity index (χ4v) is 3.02. The van der Waals surface area contributed by atoms with E-state index in [0.717, 1.165) is 26.1 Å². The predicted octanol–water partition coefficient (Wildman–Crippen LogP) is 2.16. The summed E-state index contributed by atoms with van der Waals surface area (Å²) in [5.74, 6) is 1.24. The molecule has 1 saturated carbocycles. The maximum Gasteiger partial charge on any atom is 0.226 e. The highest BCUT2D eigenvalue weighted by atomic mass is 16.2. The number of carbonyl (C=O) groups is 1. The van der Waals surface area contributed by atoms with Crippen molar-refractivity contribution in [3.05, 3.63) is 35.9 Å². The minimum atomic E-state index is 0.222. The van der Waals surface area contributed by atoms with Crippen LogP contribution in [0.3, 0.4) is 0 Å². The van der Waals surface area contributed by atoms with Crippen molar-refractivity contribution in [3.63, 3.8) is 0 Å². The number of benzene rings is 1. The molecular weight excluding hydrogens is 236 g/mol. The van der Waals surface area contributed by atoms with Crippen LogP contribution in [0.5, 0.6) is 0 Å². The zero-order valence-electron chi connectivity index (χ0n) is 11.7. The minimum Gasteiger partial charge on any atom is -0.333 e. The fraction of sp³-hybridized carbons (Fsp3) is 0.562. The Balaban J connectivity index is 1.82. The topological polar surface area (TPSA) is 23.6 Å². The molecule has 3 nitrogen and oxygen atoms in total. The van der Waals surface area contributed by atoms with Crippen molar-refractivity contribution < 1.29 is 4.79 Å². The van der Waals surface area contributed by atoms with Gasteiger partial charge in [0.1, 0.15) is 0 Å². The van der Waals surface area contributed by atoms with Gasteiger partial charge < -0.3 is 9.80 Å². The largest absolute Gasteiger partial charge is 0.333 e. The lowest BCUT2D eigenvalue weighted by atomic mass is 10.0. The molecule has 1 aromatic rings. The number of amides is 1. The van der Waals surface area contributed by atoms with E-state index in [1.165, 1.54) is 5.56 Å². The summed E-state index contributed by atoms with van der Waals surface area (Å²) < 4.78 is 0. The van der Waals surface area contributed by atoms with Crippen LogP contribution >= 0.6 is 0 Å². The van der Waals surface area contributed by atoms with Gasteiger partial charge in [-0.05, 0) is 24.9 Å². The Morgan fingerprint density at radius 2 is 1.89 bits per heavy atom. The molecule has 3 atom stereocenters. The zero-order chi connectivity index (χ0) is 13.4. The first kappa shape index (κ1) is 12.7. The second-order valence-corrected chi connectivity index (χ2v) is 6.04. The van der Waals surface area contributed by atoms with E-state index in [4.69, 9.17) is 0 Å². The van der Waals surface area contributed by atoms with Crippen LogP contribution in [-0.4, -0.2) is 42.4 Å². The number of carbonyl (C=O) groups excluding carboxylic acids is 1. The number of piperazine rings is 1. The van der Waals surface area contributed by atoms with Crippen LogP contribution < -0.4 is 0 Å². The summed E-state index contributed by atoms with van der Waals surface area (Å²) in [6, 6.07) is 10.7. The molecule has 102 valence electrons. The van der Waals surface area contributed by atoms with E-state index >= 15 is 0 Å². The van der Waals surface area contributed by atoms with Crippen LogP contribution in [0.25, 0.3) is 0 Å². The first-order valence-corrected chi connectivity index (χ1v) is 7.21. The van der Waals surface area contributed by atoms with Crippen molar-refractivity contribution in [3.8, 4) is 0 Å². The van der Waals surface area contributed by atoms with Gasteiger partial charge in [-0.1, -0.05) is 37.3 Å². The number of hydrogen-bond acceptors (Lipinski definition) is 2. The summed E-state index contributed by atoms with van der Waals surface area (Å²) >= 11 is 0. The standard InChI is InChI=1S/C16H22N2O/c1-12-10-14(12)16(19)18-9-8-17(2)11-15(18)13-6-4-3-5-7-13/h3-7,12,14-15H,8-11H2,1-2H3. The molecule has 1 heterocycles. The highest BCUT2D eigenvalue weighted by Gasteiger charge is 2.44. The van der Waals surface area contributed by atoms with E-state index < -0.39 is 0 Å². The molecule has 1 aromatic carbocycles. The monoisotopic (exact) mass is 258 g/mol. The molecular formula is C16H22N2O. The molecule has 1 saturated heterocycles. The van der Waals surface area contributed by atoms with Gasteiger partial charge in [-0.25, -0.2) is 0 Å². The number of nitrogens with zero attached hydrogens (tertiary/aromatic N) is 2. The van der Waals surface area contributed by atoms with Gasteiger partial charge in [0.2, 0.25) is 5.91 Å². The van der Waals surface area contributed by atoms with Crippen LogP contribution in [0.1, 0.15) is 24.9 Å². The van der Waals surface area contributed by atoms with Crippen LogP contribution in [0.15, 0.2) is 30.3 Å². The van der Waals surface area contributed by atoms with E-state index in [-0.39, 0.29) is 12.0 Å². The lowest BCUT2D eigenvalue weighted by Crippen LogP contribution is -2.49. The molecule has 0 N–H and O–H groups in total. The quantitative estimate of drug-likeness (QED) is 0.811. The molecule has 3 heteroatoms. The van der Waals surface area contributed by atoms with E-state index in [0.29, 0.717) is 11.8 Å². The lowest BCUT2D eigenvalue weighted by molar-refractivity contribution is -0.137. The number of hydrogen-bond donors (Lipinski definition) is 0. The maximum atomic E-state index is 12.6. The third-order valence-electron chi connectivity index (χ3n) is 4.48.